The van der Waals surface area contributed by atoms with E-state index >= 15 is 0 Å². The molecule has 0 saturated carbocycles. The van der Waals surface area contributed by atoms with Gasteiger partial charge in [-0.1, -0.05) is 24.2 Å². The van der Waals surface area contributed by atoms with Crippen LogP contribution in [0.2, 0.25) is 0 Å². The summed E-state index contributed by atoms with van der Waals surface area (Å²) in [6.07, 6.45) is 1.32. The van der Waals surface area contributed by atoms with Crippen molar-refractivity contribution >= 4 is 34.5 Å². The van der Waals surface area contributed by atoms with E-state index in [0.29, 0.717) is 53.0 Å². The molecule has 1 saturated heterocycles. The van der Waals surface area contributed by atoms with Crippen molar-refractivity contribution in [2.75, 3.05) is 5.32 Å². The SMILES string of the molecule is CCC1(c2ccc(NC(=O)c3cc(-c4cc(C)oc4C)nc4onc(C)c34)cc2)CCC(=O)NC1=O. The number of aromatic nitrogens is 2. The molecule has 3 aromatic heterocycles. The summed E-state index contributed by atoms with van der Waals surface area (Å²) in [6, 6.07) is 10.7. The van der Waals surface area contributed by atoms with Crippen LogP contribution in [0.5, 0.6) is 0 Å². The van der Waals surface area contributed by atoms with Gasteiger partial charge in [-0.05, 0) is 63.4 Å². The highest BCUT2D eigenvalue weighted by Gasteiger charge is 2.42. The lowest BCUT2D eigenvalue weighted by Gasteiger charge is -2.35. The first kappa shape index (κ1) is 23.5. The monoisotopic (exact) mass is 486 g/mol. The molecule has 9 heteroatoms. The van der Waals surface area contributed by atoms with Gasteiger partial charge in [-0.25, -0.2) is 4.98 Å². The second kappa shape index (κ2) is 8.75. The number of furan rings is 1. The number of nitrogens with one attached hydrogen (secondary N) is 2. The Morgan fingerprint density at radius 3 is 2.53 bits per heavy atom. The van der Waals surface area contributed by atoms with Crippen molar-refractivity contribution < 1.29 is 23.3 Å². The van der Waals surface area contributed by atoms with Gasteiger partial charge < -0.3 is 14.3 Å². The highest BCUT2D eigenvalue weighted by atomic mass is 16.5. The summed E-state index contributed by atoms with van der Waals surface area (Å²) in [5.74, 6) is 0.561. The molecular formula is C27H26N4O5. The lowest BCUT2D eigenvalue weighted by atomic mass is 9.72. The Kier molecular flexibility index (Phi) is 5.70. The number of aryl methyl sites for hydroxylation is 3. The van der Waals surface area contributed by atoms with Crippen molar-refractivity contribution in [1.82, 2.24) is 15.5 Å². The molecule has 1 aliphatic heterocycles. The van der Waals surface area contributed by atoms with Crippen LogP contribution in [0.15, 0.2) is 45.3 Å². The summed E-state index contributed by atoms with van der Waals surface area (Å²) in [4.78, 5) is 42.3. The van der Waals surface area contributed by atoms with E-state index in [1.165, 1.54) is 0 Å². The van der Waals surface area contributed by atoms with Gasteiger partial charge in [0.1, 0.15) is 11.5 Å². The smallest absolute Gasteiger partial charge is 0.259 e. The molecule has 184 valence electrons. The van der Waals surface area contributed by atoms with Crippen molar-refractivity contribution in [1.29, 1.82) is 0 Å². The van der Waals surface area contributed by atoms with E-state index < -0.39 is 5.41 Å². The minimum atomic E-state index is -0.761. The molecule has 1 fully saturated rings. The van der Waals surface area contributed by atoms with Crippen molar-refractivity contribution in [3.63, 3.8) is 0 Å². The van der Waals surface area contributed by atoms with Crippen LogP contribution in [0, 0.1) is 20.8 Å². The maximum atomic E-state index is 13.4. The number of piperidine rings is 1. The fourth-order valence-electron chi connectivity index (χ4n) is 4.93. The second-order valence-electron chi connectivity index (χ2n) is 9.17. The molecule has 0 aliphatic carbocycles. The third-order valence-electron chi connectivity index (χ3n) is 6.94. The molecule has 3 amide bonds. The van der Waals surface area contributed by atoms with Crippen molar-refractivity contribution in [2.24, 2.45) is 0 Å². The summed E-state index contributed by atoms with van der Waals surface area (Å²) < 4.78 is 11.0. The standard InChI is InChI=1S/C27H26N4O5/c1-5-27(11-10-22(32)30-26(27)34)17-6-8-18(9-7-17)28-24(33)20-13-21(19-12-14(2)35-16(19)4)29-25-23(20)15(3)31-36-25/h6-9,12-13H,5,10-11H2,1-4H3,(H,28,33)(H,30,32,34). The van der Waals surface area contributed by atoms with Gasteiger partial charge in [-0.3, -0.25) is 19.7 Å². The molecule has 2 N–H and O–H groups in total. The predicted molar refractivity (Wildman–Crippen MR) is 132 cm³/mol. The van der Waals surface area contributed by atoms with Gasteiger partial charge in [-0.2, -0.15) is 0 Å². The van der Waals surface area contributed by atoms with Crippen LogP contribution in [-0.4, -0.2) is 27.9 Å². The van der Waals surface area contributed by atoms with Crippen LogP contribution < -0.4 is 10.6 Å². The molecule has 4 aromatic rings. The molecule has 1 aliphatic rings. The van der Waals surface area contributed by atoms with Gasteiger partial charge in [-0.15, -0.1) is 0 Å². The molecule has 0 radical (unpaired) electrons. The number of amides is 3. The molecule has 1 unspecified atom stereocenters. The Bertz CT molecular complexity index is 1520. The van der Waals surface area contributed by atoms with Gasteiger partial charge in [0.25, 0.3) is 11.6 Å². The number of carbonyl (C=O) groups excluding carboxylic acids is 3. The van der Waals surface area contributed by atoms with E-state index in [0.717, 1.165) is 16.9 Å². The fraction of sp³-hybridized carbons (Fsp3) is 0.296. The van der Waals surface area contributed by atoms with E-state index in [-0.39, 0.29) is 23.4 Å². The first-order chi connectivity index (χ1) is 17.2. The van der Waals surface area contributed by atoms with Gasteiger partial charge >= 0.3 is 0 Å². The Balaban J connectivity index is 1.46. The van der Waals surface area contributed by atoms with E-state index in [2.05, 4.69) is 20.8 Å². The van der Waals surface area contributed by atoms with Crippen molar-refractivity contribution in [2.45, 2.75) is 52.4 Å². The maximum absolute atomic E-state index is 13.4. The maximum Gasteiger partial charge on any atom is 0.259 e. The summed E-state index contributed by atoms with van der Waals surface area (Å²) in [5.41, 5.74) is 3.15. The first-order valence-electron chi connectivity index (χ1n) is 11.8. The zero-order chi connectivity index (χ0) is 25.6. The highest BCUT2D eigenvalue weighted by Crippen LogP contribution is 2.36. The third kappa shape index (κ3) is 3.86. The zero-order valence-corrected chi connectivity index (χ0v) is 20.5. The number of imide groups is 1. The quantitative estimate of drug-likeness (QED) is 0.390. The average Bonchev–Trinajstić information content (AvgIpc) is 3.40. The lowest BCUT2D eigenvalue weighted by molar-refractivity contribution is -0.138. The normalized spacial score (nSPS) is 17.9. The minimum Gasteiger partial charge on any atom is -0.466 e. The van der Waals surface area contributed by atoms with E-state index in [1.807, 2.05) is 39.0 Å². The lowest BCUT2D eigenvalue weighted by Crippen LogP contribution is -2.51. The molecule has 1 atom stereocenters. The number of rotatable bonds is 5. The number of hydrogen-bond donors (Lipinski definition) is 2. The number of carbonyl (C=O) groups is 3. The zero-order valence-electron chi connectivity index (χ0n) is 20.5. The van der Waals surface area contributed by atoms with Gasteiger partial charge in [0.2, 0.25) is 11.8 Å². The van der Waals surface area contributed by atoms with Crippen LogP contribution in [0.3, 0.4) is 0 Å². The van der Waals surface area contributed by atoms with Crippen molar-refractivity contribution in [3.05, 3.63) is 64.7 Å². The topological polar surface area (TPSA) is 127 Å². The van der Waals surface area contributed by atoms with Crippen LogP contribution in [0.1, 0.15) is 59.3 Å². The van der Waals surface area contributed by atoms with E-state index in [4.69, 9.17) is 8.94 Å². The summed E-state index contributed by atoms with van der Waals surface area (Å²) in [7, 11) is 0. The minimum absolute atomic E-state index is 0.249. The van der Waals surface area contributed by atoms with Crippen LogP contribution >= 0.6 is 0 Å². The van der Waals surface area contributed by atoms with E-state index in [1.54, 1.807) is 25.1 Å². The number of benzene rings is 1. The Morgan fingerprint density at radius 1 is 1.14 bits per heavy atom. The third-order valence-corrected chi connectivity index (χ3v) is 6.94. The average molecular weight is 487 g/mol. The summed E-state index contributed by atoms with van der Waals surface area (Å²) >= 11 is 0. The molecule has 36 heavy (non-hydrogen) atoms. The van der Waals surface area contributed by atoms with Crippen LogP contribution in [-0.2, 0) is 15.0 Å². The summed E-state index contributed by atoms with van der Waals surface area (Å²) in [5, 5.41) is 9.93. The fourth-order valence-corrected chi connectivity index (χ4v) is 4.93. The van der Waals surface area contributed by atoms with Crippen molar-refractivity contribution in [3.8, 4) is 11.3 Å². The molecular weight excluding hydrogens is 460 g/mol. The Morgan fingerprint density at radius 2 is 1.89 bits per heavy atom. The second-order valence-corrected chi connectivity index (χ2v) is 9.17. The number of fused-ring (bicyclic) bond motifs is 1. The van der Waals surface area contributed by atoms with Crippen LogP contribution in [0.4, 0.5) is 5.69 Å². The number of hydrogen-bond acceptors (Lipinski definition) is 7. The number of pyridine rings is 1. The first-order valence-corrected chi connectivity index (χ1v) is 11.8. The largest absolute Gasteiger partial charge is 0.466 e. The molecule has 4 heterocycles. The summed E-state index contributed by atoms with van der Waals surface area (Å²) in [6.45, 7) is 7.38. The van der Waals surface area contributed by atoms with E-state index in [9.17, 15) is 14.4 Å². The number of nitrogens with zero attached hydrogens (tertiary/aromatic N) is 2. The molecule has 1 aromatic carbocycles. The van der Waals surface area contributed by atoms with Gasteiger partial charge in [0.05, 0.1) is 27.8 Å². The molecule has 0 spiro atoms. The molecule has 9 nitrogen and oxygen atoms in total. The number of anilines is 1. The Hall–Kier alpha value is -4.27. The van der Waals surface area contributed by atoms with Gasteiger partial charge in [0.15, 0.2) is 0 Å². The highest BCUT2D eigenvalue weighted by molar-refractivity contribution is 6.13. The molecule has 0 bridgehead atoms. The Labute approximate surface area is 207 Å². The van der Waals surface area contributed by atoms with Crippen LogP contribution in [0.25, 0.3) is 22.4 Å². The predicted octanol–water partition coefficient (Wildman–Crippen LogP) is 4.74. The van der Waals surface area contributed by atoms with Gasteiger partial charge in [0, 0.05) is 17.7 Å². The molecule has 5 rings (SSSR count).